The Balaban J connectivity index is 2.20. The second-order valence-corrected chi connectivity index (χ2v) is 6.36. The molecule has 0 fully saturated rings. The van der Waals surface area contributed by atoms with Crippen LogP contribution in [0, 0.1) is 0 Å². The first-order valence-corrected chi connectivity index (χ1v) is 8.26. The summed E-state index contributed by atoms with van der Waals surface area (Å²) in [6.07, 6.45) is -4.57. The number of pyridine rings is 1. The molecule has 1 aromatic heterocycles. The molecular formula is C19H13BrF3NO. The SMILES string of the molecule is O=c1cc(C(F)(F)F)cc(-c2ccccc2)n1Cc1ccccc1Br. The molecule has 0 saturated carbocycles. The van der Waals surface area contributed by atoms with Crippen molar-refractivity contribution in [1.29, 1.82) is 0 Å². The first-order chi connectivity index (χ1) is 11.9. The van der Waals surface area contributed by atoms with Gasteiger partial charge in [-0.15, -0.1) is 0 Å². The molecule has 0 N–H and O–H groups in total. The average molecular weight is 408 g/mol. The summed E-state index contributed by atoms with van der Waals surface area (Å²) in [6, 6.07) is 17.6. The van der Waals surface area contributed by atoms with Gasteiger partial charge in [-0.05, 0) is 23.3 Å². The van der Waals surface area contributed by atoms with E-state index in [1.54, 1.807) is 30.3 Å². The minimum Gasteiger partial charge on any atom is -0.304 e. The molecule has 0 amide bonds. The number of halogens is 4. The van der Waals surface area contributed by atoms with Crippen molar-refractivity contribution in [3.8, 4) is 11.3 Å². The van der Waals surface area contributed by atoms with Crippen LogP contribution in [-0.2, 0) is 12.7 Å². The van der Waals surface area contributed by atoms with Gasteiger partial charge in [0.1, 0.15) is 0 Å². The molecule has 0 spiro atoms. The normalized spacial score (nSPS) is 11.5. The lowest BCUT2D eigenvalue weighted by atomic mass is 10.1. The van der Waals surface area contributed by atoms with E-state index in [1.165, 1.54) is 4.57 Å². The molecular weight excluding hydrogens is 395 g/mol. The van der Waals surface area contributed by atoms with Gasteiger partial charge >= 0.3 is 6.18 Å². The summed E-state index contributed by atoms with van der Waals surface area (Å²) in [7, 11) is 0. The summed E-state index contributed by atoms with van der Waals surface area (Å²) < 4.78 is 41.5. The minimum absolute atomic E-state index is 0.169. The summed E-state index contributed by atoms with van der Waals surface area (Å²) in [5, 5.41) is 0. The third-order valence-corrected chi connectivity index (χ3v) is 4.58. The lowest BCUT2D eigenvalue weighted by Crippen LogP contribution is -2.24. The van der Waals surface area contributed by atoms with Crippen LogP contribution < -0.4 is 5.56 Å². The molecule has 0 unspecified atom stereocenters. The number of hydrogen-bond acceptors (Lipinski definition) is 1. The van der Waals surface area contributed by atoms with Gasteiger partial charge in [-0.2, -0.15) is 13.2 Å². The van der Waals surface area contributed by atoms with Crippen LogP contribution >= 0.6 is 15.9 Å². The highest BCUT2D eigenvalue weighted by molar-refractivity contribution is 9.10. The molecule has 1 heterocycles. The van der Waals surface area contributed by atoms with Crippen molar-refractivity contribution in [2.24, 2.45) is 0 Å². The van der Waals surface area contributed by atoms with Gasteiger partial charge in [0.25, 0.3) is 5.56 Å². The molecule has 0 aliphatic rings. The average Bonchev–Trinajstić information content (AvgIpc) is 2.58. The Morgan fingerprint density at radius 2 is 1.56 bits per heavy atom. The predicted octanol–water partition coefficient (Wildman–Crippen LogP) is 5.34. The van der Waals surface area contributed by atoms with Crippen LogP contribution in [0.5, 0.6) is 0 Å². The Labute approximate surface area is 150 Å². The largest absolute Gasteiger partial charge is 0.416 e. The zero-order chi connectivity index (χ0) is 18.0. The molecule has 2 aromatic carbocycles. The Morgan fingerprint density at radius 3 is 2.20 bits per heavy atom. The van der Waals surface area contributed by atoms with Gasteiger partial charge < -0.3 is 4.57 Å². The summed E-state index contributed by atoms with van der Waals surface area (Å²) in [4.78, 5) is 12.4. The fourth-order valence-electron chi connectivity index (χ4n) is 2.57. The van der Waals surface area contributed by atoms with Gasteiger partial charge in [-0.3, -0.25) is 4.79 Å². The Morgan fingerprint density at radius 1 is 0.920 bits per heavy atom. The Kier molecular flexibility index (Phi) is 4.81. The zero-order valence-electron chi connectivity index (χ0n) is 12.9. The van der Waals surface area contributed by atoms with Crippen LogP contribution in [0.25, 0.3) is 11.3 Å². The third kappa shape index (κ3) is 3.85. The van der Waals surface area contributed by atoms with E-state index in [-0.39, 0.29) is 12.2 Å². The van der Waals surface area contributed by atoms with Crippen LogP contribution in [0.3, 0.4) is 0 Å². The molecule has 0 aliphatic carbocycles. The number of hydrogen-bond donors (Lipinski definition) is 0. The quantitative estimate of drug-likeness (QED) is 0.573. The van der Waals surface area contributed by atoms with Crippen molar-refractivity contribution in [2.75, 3.05) is 0 Å². The van der Waals surface area contributed by atoms with Gasteiger partial charge in [0.05, 0.1) is 17.8 Å². The summed E-state index contributed by atoms with van der Waals surface area (Å²) in [5.74, 6) is 0. The van der Waals surface area contributed by atoms with E-state index < -0.39 is 17.3 Å². The highest BCUT2D eigenvalue weighted by Crippen LogP contribution is 2.31. The standard InChI is InChI=1S/C19H13BrF3NO/c20-16-9-5-4-8-14(16)12-24-17(13-6-2-1-3-7-13)10-15(11-18(24)25)19(21,22)23/h1-11H,12H2. The monoisotopic (exact) mass is 407 g/mol. The van der Waals surface area contributed by atoms with Crippen molar-refractivity contribution in [3.05, 3.63) is 92.7 Å². The fourth-order valence-corrected chi connectivity index (χ4v) is 2.98. The van der Waals surface area contributed by atoms with Crippen LogP contribution in [0.2, 0.25) is 0 Å². The Bertz CT molecular complexity index is 949. The number of benzene rings is 2. The van der Waals surface area contributed by atoms with Gasteiger partial charge in [0, 0.05) is 10.5 Å². The smallest absolute Gasteiger partial charge is 0.304 e. The van der Waals surface area contributed by atoms with E-state index in [1.807, 2.05) is 24.3 Å². The van der Waals surface area contributed by atoms with Crippen molar-refractivity contribution >= 4 is 15.9 Å². The zero-order valence-corrected chi connectivity index (χ0v) is 14.5. The van der Waals surface area contributed by atoms with Crippen LogP contribution in [0.1, 0.15) is 11.1 Å². The number of rotatable bonds is 3. The second kappa shape index (κ2) is 6.88. The maximum atomic E-state index is 13.1. The van der Waals surface area contributed by atoms with E-state index in [0.29, 0.717) is 11.6 Å². The maximum Gasteiger partial charge on any atom is 0.416 e. The van der Waals surface area contributed by atoms with Gasteiger partial charge in [-0.25, -0.2) is 0 Å². The molecule has 3 aromatic rings. The van der Waals surface area contributed by atoms with Gasteiger partial charge in [0.15, 0.2) is 0 Å². The maximum absolute atomic E-state index is 13.1. The molecule has 0 saturated heterocycles. The van der Waals surface area contributed by atoms with E-state index in [9.17, 15) is 18.0 Å². The second-order valence-electron chi connectivity index (χ2n) is 5.51. The molecule has 25 heavy (non-hydrogen) atoms. The lowest BCUT2D eigenvalue weighted by molar-refractivity contribution is -0.137. The molecule has 2 nitrogen and oxygen atoms in total. The molecule has 128 valence electrons. The summed E-state index contributed by atoms with van der Waals surface area (Å²) >= 11 is 3.41. The van der Waals surface area contributed by atoms with Gasteiger partial charge in [0.2, 0.25) is 0 Å². The first kappa shape index (κ1) is 17.5. The third-order valence-electron chi connectivity index (χ3n) is 3.81. The van der Waals surface area contributed by atoms with Crippen LogP contribution in [-0.4, -0.2) is 4.57 Å². The summed E-state index contributed by atoms with van der Waals surface area (Å²) in [6.45, 7) is 0.169. The number of aromatic nitrogens is 1. The van der Waals surface area contributed by atoms with Crippen molar-refractivity contribution in [3.63, 3.8) is 0 Å². The highest BCUT2D eigenvalue weighted by atomic mass is 79.9. The first-order valence-electron chi connectivity index (χ1n) is 7.47. The summed E-state index contributed by atoms with van der Waals surface area (Å²) in [5.41, 5.74) is -0.0420. The van der Waals surface area contributed by atoms with Crippen molar-refractivity contribution in [1.82, 2.24) is 4.57 Å². The van der Waals surface area contributed by atoms with Crippen molar-refractivity contribution in [2.45, 2.75) is 12.7 Å². The molecule has 6 heteroatoms. The Hall–Kier alpha value is -2.34. The fraction of sp³-hybridized carbons (Fsp3) is 0.105. The van der Waals surface area contributed by atoms with Crippen LogP contribution in [0.15, 0.2) is 76.0 Å². The molecule has 0 aliphatic heterocycles. The van der Waals surface area contributed by atoms with Crippen LogP contribution in [0.4, 0.5) is 13.2 Å². The van der Waals surface area contributed by atoms with E-state index >= 15 is 0 Å². The predicted molar refractivity (Wildman–Crippen MR) is 94.4 cm³/mol. The molecule has 0 radical (unpaired) electrons. The van der Waals surface area contributed by atoms with E-state index in [0.717, 1.165) is 16.1 Å². The molecule has 0 atom stereocenters. The van der Waals surface area contributed by atoms with Crippen molar-refractivity contribution < 1.29 is 13.2 Å². The lowest BCUT2D eigenvalue weighted by Gasteiger charge is -2.17. The van der Waals surface area contributed by atoms with E-state index in [2.05, 4.69) is 15.9 Å². The highest BCUT2D eigenvalue weighted by Gasteiger charge is 2.32. The number of alkyl halides is 3. The molecule has 0 bridgehead atoms. The number of nitrogens with zero attached hydrogens (tertiary/aromatic N) is 1. The van der Waals surface area contributed by atoms with E-state index in [4.69, 9.17) is 0 Å². The minimum atomic E-state index is -4.57. The van der Waals surface area contributed by atoms with Gasteiger partial charge in [-0.1, -0.05) is 64.5 Å². The molecule has 3 rings (SSSR count). The topological polar surface area (TPSA) is 22.0 Å².